The summed E-state index contributed by atoms with van der Waals surface area (Å²) in [6.07, 6.45) is 4.16. The molecule has 2 heteroatoms. The molecular weight excluding hydrogens is 140 g/mol. The minimum absolute atomic E-state index is 0.129. The summed E-state index contributed by atoms with van der Waals surface area (Å²) in [6.45, 7) is 2.20. The van der Waals surface area contributed by atoms with Crippen LogP contribution in [0.15, 0.2) is 11.6 Å². The van der Waals surface area contributed by atoms with Crippen molar-refractivity contribution in [1.82, 2.24) is 0 Å². The third kappa shape index (κ3) is 2.85. The van der Waals surface area contributed by atoms with E-state index in [4.69, 9.17) is 4.74 Å². The summed E-state index contributed by atoms with van der Waals surface area (Å²) in [5.74, 6) is 0.766. The number of ether oxygens (including phenoxy) is 1. The molecule has 0 N–H and O–H groups in total. The maximum atomic E-state index is 10.7. The molecular formula is C9H14O2. The summed E-state index contributed by atoms with van der Waals surface area (Å²) < 4.78 is 4.99. The van der Waals surface area contributed by atoms with Gasteiger partial charge in [-0.15, -0.1) is 0 Å². The van der Waals surface area contributed by atoms with Crippen LogP contribution in [0, 0.1) is 5.92 Å². The Balaban J connectivity index is 2.50. The minimum Gasteiger partial charge on any atom is -0.380 e. The van der Waals surface area contributed by atoms with E-state index >= 15 is 0 Å². The van der Waals surface area contributed by atoms with Gasteiger partial charge in [0, 0.05) is 7.11 Å². The van der Waals surface area contributed by atoms with Gasteiger partial charge in [0.05, 0.1) is 6.61 Å². The van der Waals surface area contributed by atoms with E-state index in [0.717, 1.165) is 0 Å². The van der Waals surface area contributed by atoms with Crippen LogP contribution in [0.2, 0.25) is 0 Å². The molecule has 0 heterocycles. The van der Waals surface area contributed by atoms with E-state index in [-0.39, 0.29) is 5.78 Å². The highest BCUT2D eigenvalue weighted by atomic mass is 16.5. The van der Waals surface area contributed by atoms with E-state index in [1.807, 2.05) is 0 Å². The Kier molecular flexibility index (Phi) is 2.83. The summed E-state index contributed by atoms with van der Waals surface area (Å²) >= 11 is 0. The topological polar surface area (TPSA) is 26.3 Å². The van der Waals surface area contributed by atoms with E-state index in [9.17, 15) is 4.79 Å². The van der Waals surface area contributed by atoms with Crippen LogP contribution < -0.4 is 0 Å². The Labute approximate surface area is 67.2 Å². The van der Waals surface area contributed by atoms with Crippen LogP contribution >= 0.6 is 0 Å². The molecule has 0 saturated heterocycles. The third-order valence-corrected chi connectivity index (χ3v) is 1.80. The molecule has 1 saturated carbocycles. The number of hydrogen-bond donors (Lipinski definition) is 0. The fraction of sp³-hybridized carbons (Fsp3) is 0.667. The van der Waals surface area contributed by atoms with Crippen LogP contribution in [0.5, 0.6) is 0 Å². The fourth-order valence-corrected chi connectivity index (χ4v) is 1.16. The van der Waals surface area contributed by atoms with Crippen LogP contribution in [-0.4, -0.2) is 19.5 Å². The van der Waals surface area contributed by atoms with E-state index in [2.05, 4.69) is 0 Å². The summed E-state index contributed by atoms with van der Waals surface area (Å²) in [6, 6.07) is 0. The third-order valence-electron chi connectivity index (χ3n) is 1.80. The van der Waals surface area contributed by atoms with Crippen molar-refractivity contribution < 1.29 is 9.53 Å². The first-order valence-corrected chi connectivity index (χ1v) is 3.94. The number of carbonyl (C=O) groups excluding carboxylic acids is 1. The Morgan fingerprint density at radius 2 is 2.27 bits per heavy atom. The molecule has 0 aliphatic heterocycles. The number of allylic oxidation sites excluding steroid dienone is 1. The van der Waals surface area contributed by atoms with Gasteiger partial charge in [-0.1, -0.05) is 0 Å². The lowest BCUT2D eigenvalue weighted by molar-refractivity contribution is -0.112. The molecule has 11 heavy (non-hydrogen) atoms. The monoisotopic (exact) mass is 154 g/mol. The Bertz CT molecular complexity index is 178. The van der Waals surface area contributed by atoms with Gasteiger partial charge in [0.15, 0.2) is 5.78 Å². The van der Waals surface area contributed by atoms with Crippen molar-refractivity contribution in [2.45, 2.75) is 19.8 Å². The second kappa shape index (κ2) is 3.67. The molecule has 1 aliphatic rings. The summed E-state index contributed by atoms with van der Waals surface area (Å²) in [7, 11) is 1.66. The largest absolute Gasteiger partial charge is 0.380 e. The second-order valence-electron chi connectivity index (χ2n) is 3.04. The van der Waals surface area contributed by atoms with Crippen molar-refractivity contribution in [3.05, 3.63) is 11.6 Å². The van der Waals surface area contributed by atoms with Crippen molar-refractivity contribution in [2.24, 2.45) is 5.92 Å². The van der Waals surface area contributed by atoms with Gasteiger partial charge >= 0.3 is 0 Å². The van der Waals surface area contributed by atoms with Gasteiger partial charge in [-0.3, -0.25) is 4.79 Å². The quantitative estimate of drug-likeness (QED) is 0.574. The molecule has 0 atom stereocenters. The average Bonchev–Trinajstić information content (AvgIpc) is 2.66. The number of methoxy groups -OCH3 is 1. The molecule has 0 aromatic rings. The van der Waals surface area contributed by atoms with Crippen LogP contribution in [-0.2, 0) is 9.53 Å². The number of carbonyl (C=O) groups is 1. The first-order chi connectivity index (χ1) is 5.24. The van der Waals surface area contributed by atoms with E-state index in [0.29, 0.717) is 12.5 Å². The zero-order chi connectivity index (χ0) is 8.27. The Hall–Kier alpha value is -0.630. The predicted molar refractivity (Wildman–Crippen MR) is 43.4 cm³/mol. The SMILES string of the molecule is COCC(=CC(C)=O)C1CC1. The fourth-order valence-electron chi connectivity index (χ4n) is 1.16. The van der Waals surface area contributed by atoms with Gasteiger partial charge in [-0.05, 0) is 37.3 Å². The van der Waals surface area contributed by atoms with Gasteiger partial charge in [-0.2, -0.15) is 0 Å². The van der Waals surface area contributed by atoms with E-state index in [1.165, 1.54) is 18.4 Å². The lowest BCUT2D eigenvalue weighted by Crippen LogP contribution is -1.99. The molecule has 0 aromatic carbocycles. The number of ketones is 1. The Morgan fingerprint density at radius 1 is 1.64 bits per heavy atom. The molecule has 2 nitrogen and oxygen atoms in total. The molecule has 0 amide bonds. The maximum Gasteiger partial charge on any atom is 0.152 e. The van der Waals surface area contributed by atoms with Crippen LogP contribution in [0.3, 0.4) is 0 Å². The molecule has 1 rings (SSSR count). The van der Waals surface area contributed by atoms with E-state index < -0.39 is 0 Å². The summed E-state index contributed by atoms with van der Waals surface area (Å²) in [5.41, 5.74) is 1.17. The molecule has 0 spiro atoms. The first kappa shape index (κ1) is 8.47. The van der Waals surface area contributed by atoms with Crippen LogP contribution in [0.25, 0.3) is 0 Å². The molecule has 1 aliphatic carbocycles. The van der Waals surface area contributed by atoms with Crippen LogP contribution in [0.1, 0.15) is 19.8 Å². The molecule has 0 radical (unpaired) electrons. The Morgan fingerprint density at radius 3 is 2.64 bits per heavy atom. The predicted octanol–water partition coefficient (Wildman–Crippen LogP) is 1.56. The lowest BCUT2D eigenvalue weighted by atomic mass is 10.1. The molecule has 0 aromatic heterocycles. The van der Waals surface area contributed by atoms with Crippen molar-refractivity contribution in [1.29, 1.82) is 0 Å². The van der Waals surface area contributed by atoms with Gasteiger partial charge < -0.3 is 4.74 Å². The van der Waals surface area contributed by atoms with Crippen molar-refractivity contribution in [2.75, 3.05) is 13.7 Å². The smallest absolute Gasteiger partial charge is 0.152 e. The lowest BCUT2D eigenvalue weighted by Gasteiger charge is -2.01. The average molecular weight is 154 g/mol. The molecule has 62 valence electrons. The zero-order valence-corrected chi connectivity index (χ0v) is 7.09. The highest BCUT2D eigenvalue weighted by molar-refractivity contribution is 5.88. The van der Waals surface area contributed by atoms with Crippen molar-refractivity contribution in [3.8, 4) is 0 Å². The van der Waals surface area contributed by atoms with E-state index in [1.54, 1.807) is 20.1 Å². The number of rotatable bonds is 4. The van der Waals surface area contributed by atoms with Gasteiger partial charge in [0.1, 0.15) is 0 Å². The second-order valence-corrected chi connectivity index (χ2v) is 3.04. The number of hydrogen-bond acceptors (Lipinski definition) is 2. The van der Waals surface area contributed by atoms with Gasteiger partial charge in [0.25, 0.3) is 0 Å². The molecule has 1 fully saturated rings. The molecule has 0 bridgehead atoms. The van der Waals surface area contributed by atoms with Crippen molar-refractivity contribution >= 4 is 5.78 Å². The minimum atomic E-state index is 0.129. The molecule has 0 unspecified atom stereocenters. The van der Waals surface area contributed by atoms with Crippen molar-refractivity contribution in [3.63, 3.8) is 0 Å². The summed E-state index contributed by atoms with van der Waals surface area (Å²) in [4.78, 5) is 10.7. The van der Waals surface area contributed by atoms with Gasteiger partial charge in [-0.25, -0.2) is 0 Å². The highest BCUT2D eigenvalue weighted by Gasteiger charge is 2.25. The van der Waals surface area contributed by atoms with Gasteiger partial charge in [0.2, 0.25) is 0 Å². The van der Waals surface area contributed by atoms with Crippen LogP contribution in [0.4, 0.5) is 0 Å². The zero-order valence-electron chi connectivity index (χ0n) is 7.09. The standard InChI is InChI=1S/C9H14O2/c1-7(10)5-9(6-11-2)8-3-4-8/h5,8H,3-4,6H2,1-2H3. The maximum absolute atomic E-state index is 10.7. The highest BCUT2D eigenvalue weighted by Crippen LogP contribution is 2.36. The normalized spacial score (nSPS) is 18.5. The summed E-state index contributed by atoms with van der Waals surface area (Å²) in [5, 5.41) is 0. The first-order valence-electron chi connectivity index (χ1n) is 3.94.